The highest BCUT2D eigenvalue weighted by Crippen LogP contribution is 2.32. The van der Waals surface area contributed by atoms with Gasteiger partial charge in [0, 0.05) is 17.6 Å². The molecular formula is C15H22ClNO. The summed E-state index contributed by atoms with van der Waals surface area (Å²) in [7, 11) is 0. The van der Waals surface area contributed by atoms with Crippen molar-refractivity contribution in [3.63, 3.8) is 0 Å². The zero-order valence-corrected chi connectivity index (χ0v) is 12.0. The third kappa shape index (κ3) is 3.89. The molecule has 1 aliphatic carbocycles. The van der Waals surface area contributed by atoms with E-state index in [1.807, 2.05) is 18.2 Å². The molecule has 100 valence electrons. The first kappa shape index (κ1) is 13.7. The predicted octanol–water partition coefficient (Wildman–Crippen LogP) is 3.67. The molecule has 1 aromatic rings. The average Bonchev–Trinajstić information content (AvgIpc) is 3.20. The van der Waals surface area contributed by atoms with Crippen LogP contribution in [0.25, 0.3) is 0 Å². The summed E-state index contributed by atoms with van der Waals surface area (Å²) in [5, 5.41) is 4.33. The lowest BCUT2D eigenvalue weighted by molar-refractivity contribution is 0.303. The van der Waals surface area contributed by atoms with E-state index in [1.165, 1.54) is 12.8 Å². The van der Waals surface area contributed by atoms with Crippen molar-refractivity contribution in [3.8, 4) is 5.75 Å². The van der Waals surface area contributed by atoms with Crippen LogP contribution < -0.4 is 10.1 Å². The lowest BCUT2D eigenvalue weighted by Crippen LogP contribution is -2.31. The quantitative estimate of drug-likeness (QED) is 0.761. The SMILES string of the molecule is CCc1cc(OCCNC(C)C2CC2)ccc1Cl. The van der Waals surface area contributed by atoms with Crippen LogP contribution in [0.2, 0.25) is 5.02 Å². The predicted molar refractivity (Wildman–Crippen MR) is 76.5 cm³/mol. The van der Waals surface area contributed by atoms with E-state index in [0.717, 1.165) is 35.2 Å². The Morgan fingerprint density at radius 2 is 2.22 bits per heavy atom. The number of hydrogen-bond acceptors (Lipinski definition) is 2. The highest BCUT2D eigenvalue weighted by molar-refractivity contribution is 6.31. The maximum absolute atomic E-state index is 6.07. The Kier molecular flexibility index (Phi) is 4.90. The van der Waals surface area contributed by atoms with Crippen molar-refractivity contribution < 1.29 is 4.74 Å². The third-order valence-corrected chi connectivity index (χ3v) is 3.93. The molecule has 0 amide bonds. The molecule has 0 aromatic heterocycles. The topological polar surface area (TPSA) is 21.3 Å². The van der Waals surface area contributed by atoms with Crippen LogP contribution in [0.3, 0.4) is 0 Å². The summed E-state index contributed by atoms with van der Waals surface area (Å²) in [5.41, 5.74) is 1.15. The van der Waals surface area contributed by atoms with E-state index < -0.39 is 0 Å². The number of hydrogen-bond donors (Lipinski definition) is 1. The maximum Gasteiger partial charge on any atom is 0.119 e. The molecule has 1 fully saturated rings. The van der Waals surface area contributed by atoms with Crippen LogP contribution in [0.5, 0.6) is 5.75 Å². The van der Waals surface area contributed by atoms with Crippen LogP contribution in [-0.4, -0.2) is 19.2 Å². The minimum Gasteiger partial charge on any atom is -0.492 e. The molecule has 0 bridgehead atoms. The molecule has 0 saturated heterocycles. The summed E-state index contributed by atoms with van der Waals surface area (Å²) in [4.78, 5) is 0. The van der Waals surface area contributed by atoms with Gasteiger partial charge in [0.15, 0.2) is 0 Å². The van der Waals surface area contributed by atoms with Gasteiger partial charge in [0.05, 0.1) is 0 Å². The van der Waals surface area contributed by atoms with Crippen LogP contribution in [0, 0.1) is 5.92 Å². The molecule has 18 heavy (non-hydrogen) atoms. The highest BCUT2D eigenvalue weighted by Gasteiger charge is 2.27. The van der Waals surface area contributed by atoms with Crippen molar-refractivity contribution in [1.82, 2.24) is 5.32 Å². The molecule has 1 N–H and O–H groups in total. The second kappa shape index (κ2) is 6.44. The van der Waals surface area contributed by atoms with Gasteiger partial charge >= 0.3 is 0 Å². The molecule has 1 unspecified atom stereocenters. The average molecular weight is 268 g/mol. The summed E-state index contributed by atoms with van der Waals surface area (Å²) in [6, 6.07) is 6.51. The van der Waals surface area contributed by atoms with Crippen LogP contribution in [0.1, 0.15) is 32.3 Å². The van der Waals surface area contributed by atoms with E-state index in [4.69, 9.17) is 16.3 Å². The number of rotatable bonds is 7. The molecule has 2 rings (SSSR count). The minimum absolute atomic E-state index is 0.630. The summed E-state index contributed by atoms with van der Waals surface area (Å²) in [5.74, 6) is 1.81. The van der Waals surface area contributed by atoms with Crippen molar-refractivity contribution in [2.45, 2.75) is 39.2 Å². The van der Waals surface area contributed by atoms with Gasteiger partial charge in [-0.05, 0) is 55.9 Å². The van der Waals surface area contributed by atoms with Gasteiger partial charge in [0.1, 0.15) is 12.4 Å². The van der Waals surface area contributed by atoms with Gasteiger partial charge in [-0.1, -0.05) is 18.5 Å². The fourth-order valence-electron chi connectivity index (χ4n) is 2.13. The van der Waals surface area contributed by atoms with Crippen molar-refractivity contribution in [2.75, 3.05) is 13.2 Å². The smallest absolute Gasteiger partial charge is 0.119 e. The summed E-state index contributed by atoms with van der Waals surface area (Å²) < 4.78 is 5.73. The van der Waals surface area contributed by atoms with E-state index in [0.29, 0.717) is 12.6 Å². The second-order valence-corrected chi connectivity index (χ2v) is 5.44. The number of halogens is 1. The summed E-state index contributed by atoms with van der Waals surface area (Å²) in [6.45, 7) is 5.97. The van der Waals surface area contributed by atoms with E-state index >= 15 is 0 Å². The lowest BCUT2D eigenvalue weighted by Gasteiger charge is -2.13. The molecule has 0 radical (unpaired) electrons. The van der Waals surface area contributed by atoms with E-state index in [-0.39, 0.29) is 0 Å². The van der Waals surface area contributed by atoms with Gasteiger partial charge in [-0.2, -0.15) is 0 Å². The molecule has 1 saturated carbocycles. The standard InChI is InChI=1S/C15H22ClNO/c1-3-12-10-14(6-7-15(12)16)18-9-8-17-11(2)13-4-5-13/h6-7,10-11,13,17H,3-5,8-9H2,1-2H3. The first-order chi connectivity index (χ1) is 8.70. The maximum atomic E-state index is 6.07. The minimum atomic E-state index is 0.630. The lowest BCUT2D eigenvalue weighted by atomic mass is 10.1. The molecule has 1 aromatic carbocycles. The highest BCUT2D eigenvalue weighted by atomic mass is 35.5. The van der Waals surface area contributed by atoms with Crippen LogP contribution in [0.15, 0.2) is 18.2 Å². The summed E-state index contributed by atoms with van der Waals surface area (Å²) in [6.07, 6.45) is 3.70. The molecule has 1 atom stereocenters. The number of nitrogens with one attached hydrogen (secondary N) is 1. The normalized spacial score (nSPS) is 16.6. The van der Waals surface area contributed by atoms with Crippen molar-refractivity contribution in [1.29, 1.82) is 0 Å². The van der Waals surface area contributed by atoms with Gasteiger partial charge < -0.3 is 10.1 Å². The van der Waals surface area contributed by atoms with Gasteiger partial charge in [-0.15, -0.1) is 0 Å². The zero-order chi connectivity index (χ0) is 13.0. The Bertz CT molecular complexity index is 390. The number of benzene rings is 1. The zero-order valence-electron chi connectivity index (χ0n) is 11.2. The Morgan fingerprint density at radius 1 is 1.44 bits per heavy atom. The molecule has 0 heterocycles. The first-order valence-electron chi connectivity index (χ1n) is 6.85. The largest absolute Gasteiger partial charge is 0.492 e. The van der Waals surface area contributed by atoms with Crippen molar-refractivity contribution in [2.24, 2.45) is 5.92 Å². The van der Waals surface area contributed by atoms with Crippen molar-refractivity contribution >= 4 is 11.6 Å². The first-order valence-corrected chi connectivity index (χ1v) is 7.23. The van der Waals surface area contributed by atoms with Crippen LogP contribution >= 0.6 is 11.6 Å². The van der Waals surface area contributed by atoms with E-state index in [1.54, 1.807) is 0 Å². The Morgan fingerprint density at radius 3 is 2.89 bits per heavy atom. The fourth-order valence-corrected chi connectivity index (χ4v) is 2.38. The molecule has 0 aliphatic heterocycles. The van der Waals surface area contributed by atoms with Gasteiger partial charge in [0.2, 0.25) is 0 Å². The second-order valence-electron chi connectivity index (χ2n) is 5.04. The molecule has 3 heteroatoms. The van der Waals surface area contributed by atoms with Gasteiger partial charge in [-0.3, -0.25) is 0 Å². The number of ether oxygens (including phenoxy) is 1. The molecular weight excluding hydrogens is 246 g/mol. The van der Waals surface area contributed by atoms with Crippen LogP contribution in [-0.2, 0) is 6.42 Å². The third-order valence-electron chi connectivity index (χ3n) is 3.56. The Balaban J connectivity index is 1.72. The van der Waals surface area contributed by atoms with Crippen LogP contribution in [0.4, 0.5) is 0 Å². The molecule has 1 aliphatic rings. The number of aryl methyl sites for hydroxylation is 1. The molecule has 0 spiro atoms. The van der Waals surface area contributed by atoms with E-state index in [2.05, 4.69) is 19.2 Å². The molecule has 2 nitrogen and oxygen atoms in total. The summed E-state index contributed by atoms with van der Waals surface area (Å²) >= 11 is 6.07. The fraction of sp³-hybridized carbons (Fsp3) is 0.600. The Labute approximate surface area is 115 Å². The monoisotopic (exact) mass is 267 g/mol. The van der Waals surface area contributed by atoms with Gasteiger partial charge in [0.25, 0.3) is 0 Å². The Hall–Kier alpha value is -0.730. The van der Waals surface area contributed by atoms with Crippen molar-refractivity contribution in [3.05, 3.63) is 28.8 Å². The van der Waals surface area contributed by atoms with Gasteiger partial charge in [-0.25, -0.2) is 0 Å². The van der Waals surface area contributed by atoms with E-state index in [9.17, 15) is 0 Å².